The van der Waals surface area contributed by atoms with Crippen LogP contribution in [0.1, 0.15) is 13.8 Å². The Balaban J connectivity index is 3.21. The van der Waals surface area contributed by atoms with Crippen molar-refractivity contribution in [3.8, 4) is 0 Å². The van der Waals surface area contributed by atoms with E-state index < -0.39 is 9.04 Å². The monoisotopic (exact) mass is 162 g/mol. The van der Waals surface area contributed by atoms with Crippen molar-refractivity contribution in [3.63, 3.8) is 0 Å². The van der Waals surface area contributed by atoms with Crippen LogP contribution in [0.15, 0.2) is 0 Å². The third-order valence-electron chi connectivity index (χ3n) is 1.50. The standard InChI is InChI=1S/C7H18O2Si/c1-4-9-10(5-2)7-6-8-3/h10H,4-7H2,1-3H3. The molecular weight excluding hydrogens is 144 g/mol. The maximum Gasteiger partial charge on any atom is 0.178 e. The van der Waals surface area contributed by atoms with Crippen molar-refractivity contribution in [2.45, 2.75) is 25.9 Å². The molecule has 0 heterocycles. The molecule has 0 spiro atoms. The van der Waals surface area contributed by atoms with Gasteiger partial charge in [-0.15, -0.1) is 0 Å². The van der Waals surface area contributed by atoms with E-state index in [1.165, 1.54) is 6.04 Å². The van der Waals surface area contributed by atoms with E-state index in [-0.39, 0.29) is 0 Å². The normalized spacial score (nSPS) is 13.5. The van der Waals surface area contributed by atoms with Gasteiger partial charge < -0.3 is 9.16 Å². The topological polar surface area (TPSA) is 18.5 Å². The van der Waals surface area contributed by atoms with Crippen LogP contribution >= 0.6 is 0 Å². The van der Waals surface area contributed by atoms with Gasteiger partial charge in [0.2, 0.25) is 0 Å². The van der Waals surface area contributed by atoms with Gasteiger partial charge in [0.15, 0.2) is 9.04 Å². The minimum atomic E-state index is -0.856. The highest BCUT2D eigenvalue weighted by atomic mass is 28.3. The van der Waals surface area contributed by atoms with Crippen LogP contribution in [-0.4, -0.2) is 29.4 Å². The Hall–Kier alpha value is 0.137. The minimum Gasteiger partial charge on any atom is -0.420 e. The molecule has 0 saturated carbocycles. The lowest BCUT2D eigenvalue weighted by atomic mass is 10.9. The Labute approximate surface area is 65.3 Å². The van der Waals surface area contributed by atoms with Crippen LogP contribution < -0.4 is 0 Å². The average Bonchev–Trinajstić information content (AvgIpc) is 1.98. The van der Waals surface area contributed by atoms with Crippen LogP contribution in [0.25, 0.3) is 0 Å². The highest BCUT2D eigenvalue weighted by Crippen LogP contribution is 2.00. The van der Waals surface area contributed by atoms with Gasteiger partial charge in [0.05, 0.1) is 0 Å². The summed E-state index contributed by atoms with van der Waals surface area (Å²) in [6, 6.07) is 2.37. The Kier molecular flexibility index (Phi) is 7.35. The van der Waals surface area contributed by atoms with E-state index in [0.717, 1.165) is 19.3 Å². The summed E-state index contributed by atoms with van der Waals surface area (Å²) in [6.45, 7) is 5.99. The molecule has 0 aliphatic carbocycles. The van der Waals surface area contributed by atoms with Crippen LogP contribution in [0.2, 0.25) is 12.1 Å². The number of ether oxygens (including phenoxy) is 1. The molecule has 0 amide bonds. The van der Waals surface area contributed by atoms with Gasteiger partial charge in [-0.05, 0) is 19.0 Å². The number of methoxy groups -OCH3 is 1. The van der Waals surface area contributed by atoms with Crippen molar-refractivity contribution in [2.75, 3.05) is 20.3 Å². The molecule has 0 aliphatic rings. The molecule has 1 atom stereocenters. The fraction of sp³-hybridized carbons (Fsp3) is 1.00. The zero-order valence-electron chi connectivity index (χ0n) is 7.22. The molecule has 0 bridgehead atoms. The van der Waals surface area contributed by atoms with Crippen LogP contribution in [0, 0.1) is 0 Å². The summed E-state index contributed by atoms with van der Waals surface area (Å²) < 4.78 is 10.5. The molecule has 3 heteroatoms. The fourth-order valence-electron chi connectivity index (χ4n) is 0.890. The van der Waals surface area contributed by atoms with Crippen molar-refractivity contribution in [2.24, 2.45) is 0 Å². The van der Waals surface area contributed by atoms with E-state index in [1.54, 1.807) is 7.11 Å². The lowest BCUT2D eigenvalue weighted by Gasteiger charge is -2.11. The molecule has 10 heavy (non-hydrogen) atoms. The summed E-state index contributed by atoms with van der Waals surface area (Å²) in [5, 5.41) is 0. The van der Waals surface area contributed by atoms with Gasteiger partial charge >= 0.3 is 0 Å². The summed E-state index contributed by atoms with van der Waals surface area (Å²) >= 11 is 0. The van der Waals surface area contributed by atoms with Crippen molar-refractivity contribution in [1.29, 1.82) is 0 Å². The SMILES string of the molecule is CCO[SiH](CC)CCOC. The molecule has 62 valence electrons. The van der Waals surface area contributed by atoms with Gasteiger partial charge in [-0.2, -0.15) is 0 Å². The van der Waals surface area contributed by atoms with Gasteiger partial charge in [0, 0.05) is 20.3 Å². The molecule has 2 nitrogen and oxygen atoms in total. The lowest BCUT2D eigenvalue weighted by Crippen LogP contribution is -2.18. The Morgan fingerprint density at radius 3 is 2.40 bits per heavy atom. The van der Waals surface area contributed by atoms with Crippen molar-refractivity contribution < 1.29 is 9.16 Å². The van der Waals surface area contributed by atoms with E-state index >= 15 is 0 Å². The van der Waals surface area contributed by atoms with Gasteiger partial charge in [0.25, 0.3) is 0 Å². The van der Waals surface area contributed by atoms with Crippen LogP contribution in [0.5, 0.6) is 0 Å². The first-order chi connectivity index (χ1) is 4.85. The van der Waals surface area contributed by atoms with E-state index in [9.17, 15) is 0 Å². The molecule has 0 saturated heterocycles. The summed E-state index contributed by atoms with van der Waals surface area (Å²) in [5.74, 6) is 0. The van der Waals surface area contributed by atoms with Gasteiger partial charge in [0.1, 0.15) is 0 Å². The molecule has 0 aliphatic heterocycles. The summed E-state index contributed by atoms with van der Waals surface area (Å²) in [7, 11) is 0.888. The molecular formula is C7H18O2Si. The molecule has 0 radical (unpaired) electrons. The average molecular weight is 162 g/mol. The predicted octanol–water partition coefficient (Wildman–Crippen LogP) is 1.41. The predicted molar refractivity (Wildman–Crippen MR) is 45.9 cm³/mol. The summed E-state index contributed by atoms with van der Waals surface area (Å²) in [5.41, 5.74) is 0. The van der Waals surface area contributed by atoms with Crippen molar-refractivity contribution >= 4 is 9.04 Å². The molecule has 0 rings (SSSR count). The minimum absolute atomic E-state index is 0.856. The second kappa shape index (κ2) is 7.25. The first-order valence-corrected chi connectivity index (χ1v) is 6.06. The number of hydrogen-bond acceptors (Lipinski definition) is 2. The Bertz CT molecular complexity index is 68.6. The lowest BCUT2D eigenvalue weighted by molar-refractivity contribution is 0.209. The van der Waals surface area contributed by atoms with Crippen LogP contribution in [0.3, 0.4) is 0 Å². The third-order valence-corrected chi connectivity index (χ3v) is 4.10. The van der Waals surface area contributed by atoms with E-state index in [2.05, 4.69) is 13.8 Å². The molecule has 0 N–H and O–H groups in total. The zero-order chi connectivity index (χ0) is 7.82. The smallest absolute Gasteiger partial charge is 0.178 e. The zero-order valence-corrected chi connectivity index (χ0v) is 8.38. The molecule has 0 aromatic carbocycles. The van der Waals surface area contributed by atoms with Crippen LogP contribution in [-0.2, 0) is 9.16 Å². The highest BCUT2D eigenvalue weighted by Gasteiger charge is 2.06. The molecule has 0 aromatic heterocycles. The first-order valence-electron chi connectivity index (χ1n) is 3.95. The van der Waals surface area contributed by atoms with Crippen molar-refractivity contribution in [3.05, 3.63) is 0 Å². The third kappa shape index (κ3) is 4.96. The van der Waals surface area contributed by atoms with Crippen molar-refractivity contribution in [1.82, 2.24) is 0 Å². The quantitative estimate of drug-likeness (QED) is 0.550. The maximum absolute atomic E-state index is 5.55. The molecule has 0 aromatic rings. The molecule has 0 fully saturated rings. The first kappa shape index (κ1) is 10.1. The second-order valence-corrected chi connectivity index (χ2v) is 5.24. The second-order valence-electron chi connectivity index (χ2n) is 2.27. The van der Waals surface area contributed by atoms with Gasteiger partial charge in [-0.3, -0.25) is 0 Å². The Morgan fingerprint density at radius 1 is 1.30 bits per heavy atom. The van der Waals surface area contributed by atoms with Gasteiger partial charge in [-0.25, -0.2) is 0 Å². The number of hydrogen-bond donors (Lipinski definition) is 0. The maximum atomic E-state index is 5.55. The van der Waals surface area contributed by atoms with E-state index in [0.29, 0.717) is 0 Å². The summed E-state index contributed by atoms with van der Waals surface area (Å²) in [4.78, 5) is 0. The molecule has 1 unspecified atom stereocenters. The van der Waals surface area contributed by atoms with E-state index in [1.807, 2.05) is 0 Å². The van der Waals surface area contributed by atoms with E-state index in [4.69, 9.17) is 9.16 Å². The summed E-state index contributed by atoms with van der Waals surface area (Å²) in [6.07, 6.45) is 0. The Morgan fingerprint density at radius 2 is 2.00 bits per heavy atom. The van der Waals surface area contributed by atoms with Gasteiger partial charge in [-0.1, -0.05) is 6.92 Å². The fourth-order valence-corrected chi connectivity index (χ4v) is 2.67. The highest BCUT2D eigenvalue weighted by molar-refractivity contribution is 6.51. The van der Waals surface area contributed by atoms with Crippen LogP contribution in [0.4, 0.5) is 0 Å². The number of rotatable bonds is 6. The largest absolute Gasteiger partial charge is 0.420 e.